The van der Waals surface area contributed by atoms with Gasteiger partial charge in [0.15, 0.2) is 0 Å². The van der Waals surface area contributed by atoms with Gasteiger partial charge in [0.2, 0.25) is 5.91 Å². The first-order valence-corrected chi connectivity index (χ1v) is 10.1. The van der Waals surface area contributed by atoms with Crippen molar-refractivity contribution in [2.24, 2.45) is 0 Å². The van der Waals surface area contributed by atoms with Crippen molar-refractivity contribution in [2.45, 2.75) is 44.9 Å². The van der Waals surface area contributed by atoms with Gasteiger partial charge < -0.3 is 4.90 Å². The first kappa shape index (κ1) is 19.9. The zero-order valence-electron chi connectivity index (χ0n) is 15.9. The second-order valence-electron chi connectivity index (χ2n) is 7.48. The molecule has 2 heterocycles. The minimum Gasteiger partial charge on any atom is -0.303 e. The van der Waals surface area contributed by atoms with Crippen LogP contribution in [0.2, 0.25) is 0 Å². The summed E-state index contributed by atoms with van der Waals surface area (Å²) in [5, 5.41) is 2.34. The number of rotatable bonds is 5. The van der Waals surface area contributed by atoms with Crippen LogP contribution in [0.3, 0.4) is 0 Å². The van der Waals surface area contributed by atoms with Crippen molar-refractivity contribution in [2.75, 3.05) is 19.6 Å². The van der Waals surface area contributed by atoms with Gasteiger partial charge in [-0.05, 0) is 57.5 Å². The van der Waals surface area contributed by atoms with Crippen LogP contribution in [-0.4, -0.2) is 35.0 Å². The van der Waals surface area contributed by atoms with E-state index in [1.807, 2.05) is 28.8 Å². The molecule has 1 fully saturated rings. The third-order valence-electron chi connectivity index (χ3n) is 5.64. The van der Waals surface area contributed by atoms with E-state index in [-0.39, 0.29) is 18.3 Å². The maximum Gasteiger partial charge on any atom is 0.231 e. The second kappa shape index (κ2) is 9.38. The molecule has 4 heteroatoms. The monoisotopic (exact) mass is 384 g/mol. The number of unbranched alkanes of at least 4 members (excludes halogenated alkanes) is 1. The van der Waals surface area contributed by atoms with Crippen molar-refractivity contribution < 1.29 is 4.79 Å². The van der Waals surface area contributed by atoms with Crippen LogP contribution in [0.1, 0.15) is 49.7 Å². The van der Waals surface area contributed by atoms with Gasteiger partial charge in [-0.15, -0.1) is 12.4 Å². The summed E-state index contributed by atoms with van der Waals surface area (Å²) >= 11 is 0. The number of likely N-dealkylation sites (tertiary alicyclic amines) is 1. The summed E-state index contributed by atoms with van der Waals surface area (Å²) in [5.74, 6) is 0.221. The summed E-state index contributed by atoms with van der Waals surface area (Å²) < 4.78 is 1.93. The Hall–Kier alpha value is -1.84. The van der Waals surface area contributed by atoms with E-state index in [0.717, 1.165) is 30.4 Å². The molecule has 2 aromatic carbocycles. The summed E-state index contributed by atoms with van der Waals surface area (Å²) in [6.07, 6.45) is 8.13. The molecule has 1 aliphatic heterocycles. The number of hydrogen-bond acceptors (Lipinski definition) is 2. The van der Waals surface area contributed by atoms with Crippen molar-refractivity contribution in [3.63, 3.8) is 0 Å². The molecule has 0 bridgehead atoms. The van der Waals surface area contributed by atoms with E-state index in [1.54, 1.807) is 0 Å². The lowest BCUT2D eigenvalue weighted by molar-refractivity contribution is 0.0908. The van der Waals surface area contributed by atoms with E-state index < -0.39 is 0 Å². The van der Waals surface area contributed by atoms with Crippen LogP contribution in [0, 0.1) is 0 Å². The quantitative estimate of drug-likeness (QED) is 0.511. The zero-order chi connectivity index (χ0) is 17.8. The predicted octanol–water partition coefficient (Wildman–Crippen LogP) is 5.90. The highest BCUT2D eigenvalue weighted by Gasteiger charge is 2.15. The number of hydrogen-bond donors (Lipinski definition) is 0. The van der Waals surface area contributed by atoms with Gasteiger partial charge in [0.25, 0.3) is 0 Å². The molecule has 3 aromatic rings. The van der Waals surface area contributed by atoms with Crippen LogP contribution >= 0.6 is 12.4 Å². The van der Waals surface area contributed by atoms with Crippen molar-refractivity contribution in [3.05, 3.63) is 48.5 Å². The highest BCUT2D eigenvalue weighted by Crippen LogP contribution is 2.29. The third kappa shape index (κ3) is 4.36. The Balaban J connectivity index is 0.00000210. The number of carbonyl (C=O) groups is 1. The lowest BCUT2D eigenvalue weighted by Crippen LogP contribution is -2.25. The summed E-state index contributed by atoms with van der Waals surface area (Å²) in [4.78, 5) is 15.6. The van der Waals surface area contributed by atoms with E-state index in [1.165, 1.54) is 49.5 Å². The normalized spacial score (nSPS) is 15.6. The molecule has 0 radical (unpaired) electrons. The zero-order valence-corrected chi connectivity index (χ0v) is 16.7. The van der Waals surface area contributed by atoms with Gasteiger partial charge in [0.05, 0.1) is 11.0 Å². The number of para-hydroxylation sites is 2. The molecule has 4 rings (SSSR count). The lowest BCUT2D eigenvalue weighted by Gasteiger charge is -2.19. The van der Waals surface area contributed by atoms with E-state index in [2.05, 4.69) is 29.2 Å². The minimum absolute atomic E-state index is 0. The molecule has 1 aromatic heterocycles. The Morgan fingerprint density at radius 2 is 1.33 bits per heavy atom. The third-order valence-corrected chi connectivity index (χ3v) is 5.64. The van der Waals surface area contributed by atoms with Crippen LogP contribution in [0.5, 0.6) is 0 Å². The first-order valence-electron chi connectivity index (χ1n) is 10.1. The first-order chi connectivity index (χ1) is 12.8. The molecule has 144 valence electrons. The number of fused-ring (bicyclic) bond motifs is 3. The molecule has 3 nitrogen and oxygen atoms in total. The fourth-order valence-electron chi connectivity index (χ4n) is 4.27. The Labute approximate surface area is 167 Å². The van der Waals surface area contributed by atoms with Crippen molar-refractivity contribution >= 4 is 40.1 Å². The summed E-state index contributed by atoms with van der Waals surface area (Å²) in [5.41, 5.74) is 2.07. The standard InChI is InChI=1S/C23H28N2O.ClH/c26-23(15-7-10-18-24-16-8-1-2-9-17-24)25-21-13-5-3-11-19(21)20-12-4-6-14-22(20)25;/h3-6,11-14H,1-2,7-10,15-18H2;1H. The van der Waals surface area contributed by atoms with Gasteiger partial charge in [0, 0.05) is 17.2 Å². The smallest absolute Gasteiger partial charge is 0.231 e. The van der Waals surface area contributed by atoms with Gasteiger partial charge in [0.1, 0.15) is 0 Å². The van der Waals surface area contributed by atoms with Crippen LogP contribution in [-0.2, 0) is 0 Å². The lowest BCUT2D eigenvalue weighted by atomic mass is 10.2. The Morgan fingerprint density at radius 1 is 0.778 bits per heavy atom. The number of aromatic nitrogens is 1. The van der Waals surface area contributed by atoms with Crippen LogP contribution in [0.25, 0.3) is 21.8 Å². The highest BCUT2D eigenvalue weighted by molar-refractivity contribution is 6.13. The van der Waals surface area contributed by atoms with E-state index in [9.17, 15) is 4.79 Å². The molecule has 0 N–H and O–H groups in total. The molecular formula is C23H29ClN2O. The van der Waals surface area contributed by atoms with E-state index in [4.69, 9.17) is 0 Å². The Bertz CT molecular complexity index is 840. The molecule has 1 aliphatic rings. The molecule has 27 heavy (non-hydrogen) atoms. The molecule has 0 saturated carbocycles. The molecule has 0 unspecified atom stereocenters. The number of benzene rings is 2. The van der Waals surface area contributed by atoms with Crippen LogP contribution in [0.4, 0.5) is 0 Å². The predicted molar refractivity (Wildman–Crippen MR) is 116 cm³/mol. The fourth-order valence-corrected chi connectivity index (χ4v) is 4.27. The maximum absolute atomic E-state index is 13.0. The molecule has 0 amide bonds. The maximum atomic E-state index is 13.0. The highest BCUT2D eigenvalue weighted by atomic mass is 35.5. The Kier molecular flexibility index (Phi) is 6.92. The average Bonchev–Trinajstić information content (AvgIpc) is 2.81. The number of nitrogens with zero attached hydrogens (tertiary/aromatic N) is 2. The van der Waals surface area contributed by atoms with Gasteiger partial charge in [-0.2, -0.15) is 0 Å². The fraction of sp³-hybridized carbons (Fsp3) is 0.435. The average molecular weight is 385 g/mol. The minimum atomic E-state index is 0. The molecule has 0 aliphatic carbocycles. The van der Waals surface area contributed by atoms with E-state index >= 15 is 0 Å². The topological polar surface area (TPSA) is 25.2 Å². The number of halogens is 1. The van der Waals surface area contributed by atoms with Crippen LogP contribution < -0.4 is 0 Å². The molecular weight excluding hydrogens is 356 g/mol. The second-order valence-corrected chi connectivity index (χ2v) is 7.48. The van der Waals surface area contributed by atoms with Gasteiger partial charge >= 0.3 is 0 Å². The largest absolute Gasteiger partial charge is 0.303 e. The van der Waals surface area contributed by atoms with Crippen molar-refractivity contribution in [3.8, 4) is 0 Å². The van der Waals surface area contributed by atoms with Gasteiger partial charge in [-0.3, -0.25) is 9.36 Å². The Morgan fingerprint density at radius 3 is 1.93 bits per heavy atom. The van der Waals surface area contributed by atoms with Crippen molar-refractivity contribution in [1.29, 1.82) is 0 Å². The van der Waals surface area contributed by atoms with Gasteiger partial charge in [-0.1, -0.05) is 49.2 Å². The number of carbonyl (C=O) groups excluding carboxylic acids is 1. The van der Waals surface area contributed by atoms with E-state index in [0.29, 0.717) is 6.42 Å². The van der Waals surface area contributed by atoms with Crippen LogP contribution in [0.15, 0.2) is 48.5 Å². The summed E-state index contributed by atoms with van der Waals surface area (Å²) in [6, 6.07) is 16.5. The van der Waals surface area contributed by atoms with Crippen molar-refractivity contribution in [1.82, 2.24) is 9.47 Å². The van der Waals surface area contributed by atoms with Gasteiger partial charge in [-0.25, -0.2) is 0 Å². The summed E-state index contributed by atoms with van der Waals surface area (Å²) in [7, 11) is 0. The molecule has 0 atom stereocenters. The SMILES string of the molecule is Cl.O=C(CCCCN1CCCCCC1)n1c2ccccc2c2ccccc21. The molecule has 1 saturated heterocycles. The summed E-state index contributed by atoms with van der Waals surface area (Å²) in [6.45, 7) is 3.61. The molecule has 0 spiro atoms.